The predicted molar refractivity (Wildman–Crippen MR) is 112 cm³/mol. The van der Waals surface area contributed by atoms with Crippen molar-refractivity contribution < 1.29 is 13.8 Å². The minimum Gasteiger partial charge on any atom is -0.295 e. The standard InChI is InChI=1S/C23H18N2O3S/c1-17(26)20-12-10-18(11-13-20)8-9-19-14-21(16-24-15-19)23(27)25-29(2,28)22-6-4-3-5-7-22/h3-7,10-16H,1-2H3. The van der Waals surface area contributed by atoms with Crippen LogP contribution < -0.4 is 0 Å². The van der Waals surface area contributed by atoms with Gasteiger partial charge in [0.15, 0.2) is 5.78 Å². The quantitative estimate of drug-likeness (QED) is 0.490. The van der Waals surface area contributed by atoms with Crippen molar-refractivity contribution in [2.75, 3.05) is 6.26 Å². The van der Waals surface area contributed by atoms with Crippen molar-refractivity contribution in [2.45, 2.75) is 11.8 Å². The average molecular weight is 402 g/mol. The second kappa shape index (κ2) is 8.63. The number of carbonyl (C=O) groups is 2. The molecule has 0 bridgehead atoms. The maximum Gasteiger partial charge on any atom is 0.286 e. The molecule has 1 atom stereocenters. The number of hydrogen-bond acceptors (Lipinski definition) is 4. The van der Waals surface area contributed by atoms with Crippen molar-refractivity contribution in [1.82, 2.24) is 4.98 Å². The molecule has 0 saturated heterocycles. The summed E-state index contributed by atoms with van der Waals surface area (Å²) in [6, 6.07) is 17.2. The molecule has 3 rings (SSSR count). The molecule has 1 amide bonds. The van der Waals surface area contributed by atoms with Gasteiger partial charge in [-0.2, -0.15) is 4.36 Å². The summed E-state index contributed by atoms with van der Waals surface area (Å²) in [5, 5.41) is 0. The van der Waals surface area contributed by atoms with Crippen LogP contribution in [0.2, 0.25) is 0 Å². The Labute approximate surface area is 170 Å². The predicted octanol–water partition coefficient (Wildman–Crippen LogP) is 3.98. The highest BCUT2D eigenvalue weighted by atomic mass is 32.2. The van der Waals surface area contributed by atoms with Crippen LogP contribution in [-0.2, 0) is 9.73 Å². The zero-order chi connectivity index (χ0) is 20.9. The summed E-state index contributed by atoms with van der Waals surface area (Å²) in [7, 11) is -2.85. The fraction of sp³-hybridized carbons (Fsp3) is 0.0870. The van der Waals surface area contributed by atoms with E-state index in [1.807, 2.05) is 0 Å². The molecule has 3 aromatic rings. The van der Waals surface area contributed by atoms with Crippen LogP contribution in [0.15, 0.2) is 82.3 Å². The molecular formula is C23H18N2O3S. The Balaban J connectivity index is 1.85. The van der Waals surface area contributed by atoms with E-state index >= 15 is 0 Å². The van der Waals surface area contributed by atoms with E-state index in [1.165, 1.54) is 25.6 Å². The zero-order valence-electron chi connectivity index (χ0n) is 16.0. The Morgan fingerprint density at radius 1 is 0.897 bits per heavy atom. The molecule has 0 fully saturated rings. The number of Topliss-reactive ketones (excluding diaryl/α,β-unsaturated/α-hetero) is 1. The molecule has 29 heavy (non-hydrogen) atoms. The SMILES string of the molecule is CC(=O)c1ccc(C#Cc2cncc(C(=O)N=S(C)(=O)c3ccccc3)c2)cc1. The van der Waals surface area contributed by atoms with Gasteiger partial charge in [-0.15, -0.1) is 0 Å². The molecule has 0 aliphatic heterocycles. The molecule has 0 aliphatic carbocycles. The second-order valence-electron chi connectivity index (χ2n) is 6.36. The first kappa shape index (κ1) is 20.2. The van der Waals surface area contributed by atoms with Gasteiger partial charge >= 0.3 is 0 Å². The van der Waals surface area contributed by atoms with Gasteiger partial charge < -0.3 is 0 Å². The van der Waals surface area contributed by atoms with E-state index < -0.39 is 15.6 Å². The molecule has 1 aromatic heterocycles. The summed E-state index contributed by atoms with van der Waals surface area (Å²) in [6.45, 7) is 1.51. The van der Waals surface area contributed by atoms with E-state index in [1.54, 1.807) is 60.7 Å². The van der Waals surface area contributed by atoms with Crippen LogP contribution in [0.5, 0.6) is 0 Å². The molecule has 0 N–H and O–H groups in total. The maximum absolute atomic E-state index is 12.8. The summed E-state index contributed by atoms with van der Waals surface area (Å²) in [4.78, 5) is 28.3. The summed E-state index contributed by atoms with van der Waals surface area (Å²) in [5.41, 5.74) is 2.10. The highest BCUT2D eigenvalue weighted by Crippen LogP contribution is 2.13. The molecule has 1 heterocycles. The van der Waals surface area contributed by atoms with Gasteiger partial charge in [-0.05, 0) is 37.3 Å². The van der Waals surface area contributed by atoms with Gasteiger partial charge in [0.2, 0.25) is 0 Å². The van der Waals surface area contributed by atoms with E-state index in [-0.39, 0.29) is 11.3 Å². The zero-order valence-corrected chi connectivity index (χ0v) is 16.8. The Morgan fingerprint density at radius 2 is 1.55 bits per heavy atom. The van der Waals surface area contributed by atoms with E-state index in [0.717, 1.165) is 5.56 Å². The third-order valence-electron chi connectivity index (χ3n) is 4.07. The molecule has 0 aliphatic rings. The number of pyridine rings is 1. The van der Waals surface area contributed by atoms with Crippen LogP contribution in [-0.4, -0.2) is 27.1 Å². The summed E-state index contributed by atoms with van der Waals surface area (Å²) >= 11 is 0. The second-order valence-corrected chi connectivity index (χ2v) is 8.62. The van der Waals surface area contributed by atoms with Crippen LogP contribution in [0, 0.1) is 11.8 Å². The first-order valence-electron chi connectivity index (χ1n) is 8.75. The molecule has 1 unspecified atom stereocenters. The Bertz CT molecular complexity index is 1240. The van der Waals surface area contributed by atoms with Crippen LogP contribution in [0.25, 0.3) is 0 Å². The molecule has 5 nitrogen and oxygen atoms in total. The highest BCUT2D eigenvalue weighted by Gasteiger charge is 2.11. The van der Waals surface area contributed by atoms with Gasteiger partial charge in [-0.1, -0.05) is 42.2 Å². The van der Waals surface area contributed by atoms with Gasteiger partial charge in [-0.3, -0.25) is 14.6 Å². The minimum atomic E-state index is -2.85. The molecule has 0 radical (unpaired) electrons. The van der Waals surface area contributed by atoms with Crippen molar-refractivity contribution >= 4 is 21.4 Å². The fourth-order valence-electron chi connectivity index (χ4n) is 2.49. The first-order valence-corrected chi connectivity index (χ1v) is 10.7. The van der Waals surface area contributed by atoms with Crippen molar-refractivity contribution in [2.24, 2.45) is 4.36 Å². The number of carbonyl (C=O) groups excluding carboxylic acids is 2. The van der Waals surface area contributed by atoms with Gasteiger partial charge in [0.05, 0.1) is 15.3 Å². The van der Waals surface area contributed by atoms with Gasteiger partial charge in [0.1, 0.15) is 0 Å². The normalized spacial score (nSPS) is 12.2. The third-order valence-corrected chi connectivity index (χ3v) is 5.73. The van der Waals surface area contributed by atoms with Crippen molar-refractivity contribution in [3.8, 4) is 11.8 Å². The first-order chi connectivity index (χ1) is 13.8. The smallest absolute Gasteiger partial charge is 0.286 e. The number of amides is 1. The largest absolute Gasteiger partial charge is 0.295 e. The molecule has 2 aromatic carbocycles. The van der Waals surface area contributed by atoms with E-state index in [0.29, 0.717) is 16.0 Å². The lowest BCUT2D eigenvalue weighted by atomic mass is 10.1. The Kier molecular flexibility index (Phi) is 6.01. The lowest BCUT2D eigenvalue weighted by molar-refractivity contribution is 0.0999. The monoisotopic (exact) mass is 402 g/mol. The number of aromatic nitrogens is 1. The fourth-order valence-corrected chi connectivity index (χ4v) is 3.68. The van der Waals surface area contributed by atoms with Crippen molar-refractivity contribution in [3.63, 3.8) is 0 Å². The van der Waals surface area contributed by atoms with Gasteiger partial charge in [0.25, 0.3) is 5.91 Å². The van der Waals surface area contributed by atoms with Crippen molar-refractivity contribution in [3.05, 3.63) is 95.3 Å². The maximum atomic E-state index is 12.8. The van der Waals surface area contributed by atoms with Crippen LogP contribution in [0.1, 0.15) is 38.8 Å². The Morgan fingerprint density at radius 3 is 2.21 bits per heavy atom. The third kappa shape index (κ3) is 5.24. The van der Waals surface area contributed by atoms with Crippen LogP contribution in [0.3, 0.4) is 0 Å². The van der Waals surface area contributed by atoms with Crippen molar-refractivity contribution in [1.29, 1.82) is 0 Å². The minimum absolute atomic E-state index is 0.00770. The topological polar surface area (TPSA) is 76.5 Å². The average Bonchev–Trinajstić information content (AvgIpc) is 2.73. The molecular weight excluding hydrogens is 384 g/mol. The van der Waals surface area contributed by atoms with Gasteiger partial charge in [0, 0.05) is 40.2 Å². The molecule has 6 heteroatoms. The van der Waals surface area contributed by atoms with E-state index in [9.17, 15) is 13.8 Å². The highest BCUT2D eigenvalue weighted by molar-refractivity contribution is 7.93. The number of nitrogens with zero attached hydrogens (tertiary/aromatic N) is 2. The van der Waals surface area contributed by atoms with E-state index in [4.69, 9.17) is 0 Å². The number of benzene rings is 2. The lowest BCUT2D eigenvalue weighted by Gasteiger charge is -2.03. The number of rotatable bonds is 3. The summed E-state index contributed by atoms with van der Waals surface area (Å²) < 4.78 is 16.7. The molecule has 0 spiro atoms. The van der Waals surface area contributed by atoms with Crippen LogP contribution >= 0.6 is 0 Å². The van der Waals surface area contributed by atoms with Crippen LogP contribution in [0.4, 0.5) is 0 Å². The molecule has 144 valence electrons. The number of ketones is 1. The summed E-state index contributed by atoms with van der Waals surface area (Å²) in [5.74, 6) is 5.29. The lowest BCUT2D eigenvalue weighted by Crippen LogP contribution is -2.04. The summed E-state index contributed by atoms with van der Waals surface area (Å²) in [6.07, 6.45) is 4.34. The molecule has 0 saturated carbocycles. The number of hydrogen-bond donors (Lipinski definition) is 0. The Hall–Kier alpha value is -3.56. The van der Waals surface area contributed by atoms with E-state index in [2.05, 4.69) is 21.2 Å². The van der Waals surface area contributed by atoms with Gasteiger partial charge in [-0.25, -0.2) is 4.21 Å².